The van der Waals surface area contributed by atoms with E-state index >= 15 is 0 Å². The number of halogens is 2. The van der Waals surface area contributed by atoms with E-state index in [0.29, 0.717) is 30.8 Å². The van der Waals surface area contributed by atoms with E-state index in [0.717, 1.165) is 30.5 Å². The molecular formula is C17H20F2N4OS. The minimum Gasteiger partial charge on any atom is -0.340 e. The average Bonchev–Trinajstić information content (AvgIpc) is 3.41. The standard InChI is InChI=1S/C17H20F2N4OS/c18-16(19)23-14-4-2-1-3-13(14)22(17(23)25)11-20-7-9-21(10-8-20)15(24)12-5-6-12/h1-4,12,16H,5-11H2. The predicted molar refractivity (Wildman–Crippen MR) is 92.9 cm³/mol. The number of rotatable bonds is 4. The zero-order valence-electron chi connectivity index (χ0n) is 13.8. The lowest BCUT2D eigenvalue weighted by molar-refractivity contribution is -0.134. The summed E-state index contributed by atoms with van der Waals surface area (Å²) in [5, 5.41) is 0. The minimum absolute atomic E-state index is 0.132. The molecule has 0 unspecified atom stereocenters. The van der Waals surface area contributed by atoms with Crippen LogP contribution >= 0.6 is 12.2 Å². The van der Waals surface area contributed by atoms with Crippen molar-refractivity contribution in [3.05, 3.63) is 29.0 Å². The van der Waals surface area contributed by atoms with Gasteiger partial charge in [-0.15, -0.1) is 0 Å². The number of nitrogens with zero attached hydrogens (tertiary/aromatic N) is 4. The van der Waals surface area contributed by atoms with Crippen LogP contribution in [0.2, 0.25) is 0 Å². The first-order valence-corrected chi connectivity index (χ1v) is 8.96. The Morgan fingerprint density at radius 2 is 1.76 bits per heavy atom. The molecule has 2 aliphatic rings. The summed E-state index contributed by atoms with van der Waals surface area (Å²) in [7, 11) is 0. The van der Waals surface area contributed by atoms with E-state index in [9.17, 15) is 13.6 Å². The van der Waals surface area contributed by atoms with E-state index < -0.39 is 6.55 Å². The Morgan fingerprint density at radius 3 is 2.36 bits per heavy atom. The number of aromatic nitrogens is 2. The number of para-hydroxylation sites is 2. The molecule has 0 N–H and O–H groups in total. The van der Waals surface area contributed by atoms with Gasteiger partial charge in [0.25, 0.3) is 0 Å². The molecule has 0 bridgehead atoms. The van der Waals surface area contributed by atoms with Crippen molar-refractivity contribution in [1.29, 1.82) is 0 Å². The zero-order chi connectivity index (χ0) is 17.6. The molecule has 1 amide bonds. The minimum atomic E-state index is -2.66. The van der Waals surface area contributed by atoms with Crippen molar-refractivity contribution in [1.82, 2.24) is 18.9 Å². The quantitative estimate of drug-likeness (QED) is 0.780. The van der Waals surface area contributed by atoms with E-state index in [1.54, 1.807) is 16.7 Å². The van der Waals surface area contributed by atoms with Crippen molar-refractivity contribution in [3.63, 3.8) is 0 Å². The van der Waals surface area contributed by atoms with Crippen molar-refractivity contribution < 1.29 is 13.6 Å². The summed E-state index contributed by atoms with van der Waals surface area (Å²) in [4.78, 5) is 16.2. The number of hydrogen-bond acceptors (Lipinski definition) is 3. The summed E-state index contributed by atoms with van der Waals surface area (Å²) >= 11 is 5.30. The molecule has 1 aliphatic carbocycles. The van der Waals surface area contributed by atoms with Crippen LogP contribution in [0, 0.1) is 10.7 Å². The third-order valence-corrected chi connectivity index (χ3v) is 5.43. The molecule has 4 rings (SSSR count). The summed E-state index contributed by atoms with van der Waals surface area (Å²) in [6, 6.07) is 7.05. The number of benzene rings is 1. The first-order valence-electron chi connectivity index (χ1n) is 8.55. The number of carbonyl (C=O) groups is 1. The molecule has 25 heavy (non-hydrogen) atoms. The highest BCUT2D eigenvalue weighted by molar-refractivity contribution is 7.71. The summed E-state index contributed by atoms with van der Waals surface area (Å²) in [6.45, 7) is 0.645. The van der Waals surface area contributed by atoms with Crippen LogP contribution < -0.4 is 0 Å². The van der Waals surface area contributed by atoms with Crippen molar-refractivity contribution in [2.75, 3.05) is 26.2 Å². The molecule has 1 saturated heterocycles. The van der Waals surface area contributed by atoms with Gasteiger partial charge in [0.2, 0.25) is 5.91 Å². The van der Waals surface area contributed by atoms with Gasteiger partial charge in [-0.1, -0.05) is 12.1 Å². The molecule has 1 aromatic carbocycles. The van der Waals surface area contributed by atoms with Gasteiger partial charge in [-0.3, -0.25) is 14.3 Å². The molecule has 134 valence electrons. The first-order chi connectivity index (χ1) is 12.1. The van der Waals surface area contributed by atoms with E-state index in [1.165, 1.54) is 0 Å². The third kappa shape index (κ3) is 3.08. The van der Waals surface area contributed by atoms with Crippen LogP contribution in [0.5, 0.6) is 0 Å². The summed E-state index contributed by atoms with van der Waals surface area (Å²) in [5.74, 6) is 0.509. The van der Waals surface area contributed by atoms with Crippen molar-refractivity contribution >= 4 is 29.2 Å². The van der Waals surface area contributed by atoms with Gasteiger partial charge in [-0.25, -0.2) is 0 Å². The van der Waals surface area contributed by atoms with Crippen molar-refractivity contribution in [2.45, 2.75) is 26.1 Å². The van der Waals surface area contributed by atoms with Gasteiger partial charge in [-0.2, -0.15) is 8.78 Å². The number of alkyl halides is 2. The number of piperazine rings is 1. The highest BCUT2D eigenvalue weighted by Crippen LogP contribution is 2.31. The Kier molecular flexibility index (Phi) is 4.33. The second-order valence-corrected chi connectivity index (χ2v) is 7.07. The summed E-state index contributed by atoms with van der Waals surface area (Å²) < 4.78 is 29.6. The fraction of sp³-hybridized carbons (Fsp3) is 0.529. The number of hydrogen-bond donors (Lipinski definition) is 0. The van der Waals surface area contributed by atoms with Gasteiger partial charge < -0.3 is 9.47 Å². The van der Waals surface area contributed by atoms with Crippen LogP contribution in [-0.4, -0.2) is 51.0 Å². The van der Waals surface area contributed by atoms with E-state index in [2.05, 4.69) is 4.90 Å². The molecule has 2 fully saturated rings. The molecule has 8 heteroatoms. The van der Waals surface area contributed by atoms with Gasteiger partial charge in [-0.05, 0) is 37.2 Å². The van der Waals surface area contributed by atoms with E-state index in [-0.39, 0.29) is 16.6 Å². The molecule has 0 radical (unpaired) electrons. The van der Waals surface area contributed by atoms with Gasteiger partial charge >= 0.3 is 6.55 Å². The monoisotopic (exact) mass is 366 g/mol. The fourth-order valence-corrected chi connectivity index (χ4v) is 3.79. The van der Waals surface area contributed by atoms with Gasteiger partial charge in [0, 0.05) is 32.1 Å². The molecular weight excluding hydrogens is 346 g/mol. The highest BCUT2D eigenvalue weighted by Gasteiger charge is 2.34. The lowest BCUT2D eigenvalue weighted by Crippen LogP contribution is -2.49. The molecule has 0 spiro atoms. The Hall–Kier alpha value is -1.80. The van der Waals surface area contributed by atoms with E-state index in [1.807, 2.05) is 17.0 Å². The van der Waals surface area contributed by atoms with Crippen LogP contribution in [0.15, 0.2) is 24.3 Å². The Bertz CT molecular complexity index is 850. The Labute approximate surface area is 149 Å². The molecule has 2 heterocycles. The number of carbonyl (C=O) groups excluding carboxylic acids is 1. The smallest absolute Gasteiger partial charge is 0.321 e. The maximum atomic E-state index is 13.4. The molecule has 1 aliphatic heterocycles. The van der Waals surface area contributed by atoms with Gasteiger partial charge in [0.1, 0.15) is 0 Å². The predicted octanol–water partition coefficient (Wildman–Crippen LogP) is 3.08. The zero-order valence-corrected chi connectivity index (χ0v) is 14.6. The Morgan fingerprint density at radius 1 is 1.12 bits per heavy atom. The fourth-order valence-electron chi connectivity index (χ4n) is 3.46. The van der Waals surface area contributed by atoms with Crippen molar-refractivity contribution in [2.24, 2.45) is 5.92 Å². The lowest BCUT2D eigenvalue weighted by Gasteiger charge is -2.35. The van der Waals surface area contributed by atoms with Gasteiger partial charge in [0.15, 0.2) is 4.77 Å². The maximum absolute atomic E-state index is 13.4. The van der Waals surface area contributed by atoms with E-state index in [4.69, 9.17) is 12.2 Å². The van der Waals surface area contributed by atoms with Crippen molar-refractivity contribution in [3.8, 4) is 0 Å². The average molecular weight is 366 g/mol. The van der Waals surface area contributed by atoms with Crippen LogP contribution in [0.4, 0.5) is 8.78 Å². The van der Waals surface area contributed by atoms with Crippen LogP contribution in [-0.2, 0) is 11.5 Å². The topological polar surface area (TPSA) is 33.4 Å². The molecule has 1 aromatic heterocycles. The highest BCUT2D eigenvalue weighted by atomic mass is 32.1. The number of amides is 1. The maximum Gasteiger partial charge on any atom is 0.321 e. The molecule has 2 aromatic rings. The first kappa shape index (κ1) is 16.7. The molecule has 1 saturated carbocycles. The number of imidazole rings is 1. The van der Waals surface area contributed by atoms with Crippen LogP contribution in [0.3, 0.4) is 0 Å². The molecule has 0 atom stereocenters. The lowest BCUT2D eigenvalue weighted by atomic mass is 10.2. The van der Waals surface area contributed by atoms with Crippen LogP contribution in [0.25, 0.3) is 11.0 Å². The Balaban J connectivity index is 1.53. The second-order valence-electron chi connectivity index (χ2n) is 6.71. The molecule has 5 nitrogen and oxygen atoms in total. The van der Waals surface area contributed by atoms with Crippen LogP contribution in [0.1, 0.15) is 19.4 Å². The summed E-state index contributed by atoms with van der Waals surface area (Å²) in [6.07, 6.45) is 2.03. The number of fused-ring (bicyclic) bond motifs is 1. The second kappa shape index (κ2) is 6.49. The largest absolute Gasteiger partial charge is 0.340 e. The SMILES string of the molecule is O=C(C1CC1)N1CCN(Cn2c(=S)n(C(F)F)c3ccccc32)CC1. The normalized spacial score (nSPS) is 19.1. The van der Waals surface area contributed by atoms with Gasteiger partial charge in [0.05, 0.1) is 17.7 Å². The summed E-state index contributed by atoms with van der Waals surface area (Å²) in [5.41, 5.74) is 1.16. The third-order valence-electron chi connectivity index (χ3n) is 5.02.